The monoisotopic (exact) mass is 343 g/mol. The third kappa shape index (κ3) is 3.26. The number of carbonyl (C=O) groups is 1. The highest BCUT2D eigenvalue weighted by atomic mass is 35.5. The summed E-state index contributed by atoms with van der Waals surface area (Å²) in [5, 5.41) is 13.6. The van der Waals surface area contributed by atoms with Crippen molar-refractivity contribution in [1.29, 1.82) is 0 Å². The Balaban J connectivity index is 1.83. The number of carbonyl (C=O) groups excluding carboxylic acids is 1. The molecule has 24 heavy (non-hydrogen) atoms. The molecule has 0 spiro atoms. The van der Waals surface area contributed by atoms with Crippen molar-refractivity contribution < 1.29 is 14.1 Å². The minimum Gasteiger partial charge on any atom is -0.451 e. The zero-order valence-electron chi connectivity index (χ0n) is 12.1. The Hall–Kier alpha value is -3.19. The number of hydrogen-bond donors (Lipinski definition) is 1. The number of nitrogens with one attached hydrogen (secondary N) is 1. The Labute approximate surface area is 141 Å². The van der Waals surface area contributed by atoms with Crippen LogP contribution in [0.2, 0.25) is 5.02 Å². The van der Waals surface area contributed by atoms with Crippen LogP contribution in [0.5, 0.6) is 0 Å². The summed E-state index contributed by atoms with van der Waals surface area (Å²) in [6.45, 7) is 0. The molecule has 0 fully saturated rings. The van der Waals surface area contributed by atoms with E-state index in [-0.39, 0.29) is 16.5 Å². The Morgan fingerprint density at radius 3 is 2.58 bits per heavy atom. The average Bonchev–Trinajstić information content (AvgIpc) is 3.05. The standard InChI is InChI=1S/C16H10ClN3O4/c17-13-9-11(20(22)23)1-2-12(13)14-3-4-15(24-14)16(21)19-10-5-7-18-8-6-10/h1-9H,(H,18,19,21). The van der Waals surface area contributed by atoms with Gasteiger partial charge in [0.05, 0.1) is 9.95 Å². The van der Waals surface area contributed by atoms with Gasteiger partial charge in [-0.25, -0.2) is 0 Å². The topological polar surface area (TPSA) is 98.3 Å². The van der Waals surface area contributed by atoms with E-state index in [1.807, 2.05) is 0 Å². The maximum Gasteiger partial charge on any atom is 0.291 e. The van der Waals surface area contributed by atoms with Gasteiger partial charge in [0.1, 0.15) is 5.76 Å². The van der Waals surface area contributed by atoms with Gasteiger partial charge in [-0.2, -0.15) is 0 Å². The van der Waals surface area contributed by atoms with Crippen LogP contribution in [-0.2, 0) is 0 Å². The molecule has 2 heterocycles. The third-order valence-electron chi connectivity index (χ3n) is 3.20. The van der Waals surface area contributed by atoms with Gasteiger partial charge in [0.2, 0.25) is 0 Å². The summed E-state index contributed by atoms with van der Waals surface area (Å²) >= 11 is 6.05. The molecule has 0 saturated heterocycles. The minimum atomic E-state index is -0.536. The van der Waals surface area contributed by atoms with Crippen LogP contribution >= 0.6 is 11.6 Å². The van der Waals surface area contributed by atoms with E-state index in [0.29, 0.717) is 17.0 Å². The molecule has 0 bridgehead atoms. The van der Waals surface area contributed by atoms with Crippen LogP contribution in [0.4, 0.5) is 11.4 Å². The highest BCUT2D eigenvalue weighted by Gasteiger charge is 2.16. The van der Waals surface area contributed by atoms with E-state index in [2.05, 4.69) is 10.3 Å². The number of benzene rings is 1. The van der Waals surface area contributed by atoms with Gasteiger partial charge in [-0.15, -0.1) is 0 Å². The van der Waals surface area contributed by atoms with Crippen molar-refractivity contribution in [2.24, 2.45) is 0 Å². The first kappa shape index (κ1) is 15.7. The summed E-state index contributed by atoms with van der Waals surface area (Å²) in [5.74, 6) is 0.0106. The number of hydrogen-bond acceptors (Lipinski definition) is 5. The molecule has 7 nitrogen and oxygen atoms in total. The lowest BCUT2D eigenvalue weighted by molar-refractivity contribution is -0.384. The molecule has 2 aromatic heterocycles. The quantitative estimate of drug-likeness (QED) is 0.566. The summed E-state index contributed by atoms with van der Waals surface area (Å²) in [6, 6.07) is 10.4. The van der Waals surface area contributed by atoms with Crippen LogP contribution in [-0.4, -0.2) is 15.8 Å². The first-order valence-corrected chi connectivity index (χ1v) is 7.18. The van der Waals surface area contributed by atoms with Gasteiger partial charge in [0.15, 0.2) is 5.76 Å². The van der Waals surface area contributed by atoms with Gasteiger partial charge < -0.3 is 9.73 Å². The van der Waals surface area contributed by atoms with Gasteiger partial charge in [-0.3, -0.25) is 19.9 Å². The molecule has 1 aromatic carbocycles. The van der Waals surface area contributed by atoms with Crippen molar-refractivity contribution in [2.45, 2.75) is 0 Å². The maximum absolute atomic E-state index is 12.1. The molecule has 1 N–H and O–H groups in total. The van der Waals surface area contributed by atoms with Gasteiger partial charge >= 0.3 is 0 Å². The van der Waals surface area contributed by atoms with Gasteiger partial charge in [0, 0.05) is 35.8 Å². The number of nitro benzene ring substituents is 1. The van der Waals surface area contributed by atoms with Crippen molar-refractivity contribution in [3.8, 4) is 11.3 Å². The summed E-state index contributed by atoms with van der Waals surface area (Å²) < 4.78 is 5.50. The van der Waals surface area contributed by atoms with Gasteiger partial charge in [0.25, 0.3) is 11.6 Å². The second-order valence-electron chi connectivity index (χ2n) is 4.78. The number of amides is 1. The molecule has 0 aliphatic heterocycles. The zero-order valence-corrected chi connectivity index (χ0v) is 12.9. The number of nitrogens with zero attached hydrogens (tertiary/aromatic N) is 2. The first-order chi connectivity index (χ1) is 11.5. The van der Waals surface area contributed by atoms with E-state index in [1.165, 1.54) is 24.3 Å². The molecular weight excluding hydrogens is 334 g/mol. The smallest absolute Gasteiger partial charge is 0.291 e. The molecule has 3 rings (SSSR count). The van der Waals surface area contributed by atoms with Crippen molar-refractivity contribution in [2.75, 3.05) is 5.32 Å². The number of nitro groups is 1. The SMILES string of the molecule is O=C(Nc1ccncc1)c1ccc(-c2ccc([N+](=O)[O-])cc2Cl)o1. The number of furan rings is 1. The summed E-state index contributed by atoms with van der Waals surface area (Å²) in [6.07, 6.45) is 3.11. The van der Waals surface area contributed by atoms with E-state index >= 15 is 0 Å². The minimum absolute atomic E-state index is 0.0937. The second kappa shape index (κ2) is 6.51. The van der Waals surface area contributed by atoms with Crippen LogP contribution < -0.4 is 5.32 Å². The fraction of sp³-hybridized carbons (Fsp3) is 0. The van der Waals surface area contributed by atoms with Crippen molar-refractivity contribution >= 4 is 28.9 Å². The summed E-state index contributed by atoms with van der Waals surface area (Å²) in [4.78, 5) is 26.2. The largest absolute Gasteiger partial charge is 0.451 e. The maximum atomic E-state index is 12.1. The molecule has 0 atom stereocenters. The Bertz CT molecular complexity index is 909. The van der Waals surface area contributed by atoms with Crippen LogP contribution in [0.15, 0.2) is 59.3 Å². The molecule has 0 aliphatic carbocycles. The molecule has 120 valence electrons. The van der Waals surface area contributed by atoms with Gasteiger partial charge in [-0.1, -0.05) is 11.6 Å². The van der Waals surface area contributed by atoms with Crippen LogP contribution in [0, 0.1) is 10.1 Å². The molecule has 8 heteroatoms. The summed E-state index contributed by atoms with van der Waals surface area (Å²) in [5.41, 5.74) is 0.928. The predicted molar refractivity (Wildman–Crippen MR) is 88.0 cm³/mol. The fourth-order valence-corrected chi connectivity index (χ4v) is 2.32. The molecule has 0 saturated carbocycles. The lowest BCUT2D eigenvalue weighted by Gasteiger charge is -2.03. The molecule has 0 radical (unpaired) electrons. The highest BCUT2D eigenvalue weighted by molar-refractivity contribution is 6.33. The van der Waals surface area contributed by atoms with Crippen LogP contribution in [0.1, 0.15) is 10.6 Å². The van der Waals surface area contributed by atoms with Crippen molar-refractivity contribution in [3.63, 3.8) is 0 Å². The molecule has 3 aromatic rings. The molecule has 0 unspecified atom stereocenters. The number of non-ortho nitro benzene ring substituents is 1. The van der Waals surface area contributed by atoms with Crippen LogP contribution in [0.25, 0.3) is 11.3 Å². The lowest BCUT2D eigenvalue weighted by Crippen LogP contribution is -2.10. The van der Waals surface area contributed by atoms with E-state index in [4.69, 9.17) is 16.0 Å². The lowest BCUT2D eigenvalue weighted by atomic mass is 10.1. The third-order valence-corrected chi connectivity index (χ3v) is 3.51. The fourth-order valence-electron chi connectivity index (χ4n) is 2.05. The predicted octanol–water partition coefficient (Wildman–Crippen LogP) is 4.16. The number of anilines is 1. The Morgan fingerprint density at radius 1 is 1.17 bits per heavy atom. The van der Waals surface area contributed by atoms with Crippen molar-refractivity contribution in [3.05, 3.63) is 75.8 Å². The molecule has 1 amide bonds. The van der Waals surface area contributed by atoms with E-state index in [1.54, 1.807) is 30.6 Å². The van der Waals surface area contributed by atoms with E-state index in [0.717, 1.165) is 0 Å². The first-order valence-electron chi connectivity index (χ1n) is 6.80. The Morgan fingerprint density at radius 2 is 1.92 bits per heavy atom. The van der Waals surface area contributed by atoms with Gasteiger partial charge in [-0.05, 0) is 30.3 Å². The average molecular weight is 344 g/mol. The highest BCUT2D eigenvalue weighted by Crippen LogP contribution is 2.32. The number of rotatable bonds is 4. The van der Waals surface area contributed by atoms with Crippen LogP contribution in [0.3, 0.4) is 0 Å². The number of halogens is 1. The van der Waals surface area contributed by atoms with Crippen molar-refractivity contribution in [1.82, 2.24) is 4.98 Å². The van der Waals surface area contributed by atoms with E-state index < -0.39 is 10.8 Å². The number of aromatic nitrogens is 1. The second-order valence-corrected chi connectivity index (χ2v) is 5.18. The summed E-state index contributed by atoms with van der Waals surface area (Å²) in [7, 11) is 0. The van der Waals surface area contributed by atoms with E-state index in [9.17, 15) is 14.9 Å². The molecular formula is C16H10ClN3O4. The number of pyridine rings is 1. The Kier molecular flexibility index (Phi) is 4.26. The zero-order chi connectivity index (χ0) is 17.1. The normalized spacial score (nSPS) is 10.4. The molecule has 0 aliphatic rings.